The van der Waals surface area contributed by atoms with Gasteiger partial charge in [-0.2, -0.15) is 0 Å². The summed E-state index contributed by atoms with van der Waals surface area (Å²) in [4.78, 5) is 25.7. The lowest BCUT2D eigenvalue weighted by molar-refractivity contribution is -0.128. The highest BCUT2D eigenvalue weighted by Crippen LogP contribution is 2.27. The van der Waals surface area contributed by atoms with Gasteiger partial charge in [0.25, 0.3) is 0 Å². The first-order valence-electron chi connectivity index (χ1n) is 6.91. The van der Waals surface area contributed by atoms with E-state index in [4.69, 9.17) is 0 Å². The van der Waals surface area contributed by atoms with E-state index >= 15 is 0 Å². The maximum absolute atomic E-state index is 12.2. The number of carbonyl (C=O) groups is 2. The molecule has 0 radical (unpaired) electrons. The number of para-hydroxylation sites is 1. The molecule has 4 heteroatoms. The maximum Gasteiger partial charge on any atom is 0.236 e. The Labute approximate surface area is 112 Å². The average Bonchev–Trinajstić information content (AvgIpc) is 3.21. The summed E-state index contributed by atoms with van der Waals surface area (Å²) >= 11 is 0. The molecule has 1 saturated carbocycles. The Morgan fingerprint density at radius 2 is 2.05 bits per heavy atom. The molecule has 1 aromatic carbocycles. The molecule has 1 aliphatic carbocycles. The Balaban J connectivity index is 1.68. The Hall–Kier alpha value is -1.84. The molecule has 1 N–H and O–H groups in total. The van der Waals surface area contributed by atoms with Gasteiger partial charge in [0.05, 0.1) is 0 Å². The standard InChI is InChI=1S/C15H18N2O2/c18-14(16-12-7-8-12)10-15(19)17-9-3-5-11-4-1-2-6-13(11)17/h1-2,4,6,12H,3,5,7-10H2,(H,16,18). The number of hydrogen-bond donors (Lipinski definition) is 1. The summed E-state index contributed by atoms with van der Waals surface area (Å²) in [6.07, 6.45) is 4.03. The number of carbonyl (C=O) groups excluding carboxylic acids is 2. The van der Waals surface area contributed by atoms with Gasteiger partial charge in [-0.25, -0.2) is 0 Å². The fraction of sp³-hybridized carbons (Fsp3) is 0.467. The molecule has 4 nitrogen and oxygen atoms in total. The fourth-order valence-corrected chi connectivity index (χ4v) is 2.53. The molecule has 0 atom stereocenters. The van der Waals surface area contributed by atoms with Gasteiger partial charge < -0.3 is 10.2 Å². The van der Waals surface area contributed by atoms with Crippen molar-refractivity contribution in [2.45, 2.75) is 38.1 Å². The summed E-state index contributed by atoms with van der Waals surface area (Å²) in [5, 5.41) is 2.86. The van der Waals surface area contributed by atoms with Gasteiger partial charge in [-0.15, -0.1) is 0 Å². The Kier molecular flexibility index (Phi) is 3.23. The summed E-state index contributed by atoms with van der Waals surface area (Å²) in [7, 11) is 0. The highest BCUT2D eigenvalue weighted by molar-refractivity contribution is 6.05. The number of fused-ring (bicyclic) bond motifs is 1. The van der Waals surface area contributed by atoms with Crippen LogP contribution >= 0.6 is 0 Å². The Bertz CT molecular complexity index is 509. The van der Waals surface area contributed by atoms with Gasteiger partial charge in [0.1, 0.15) is 6.42 Å². The van der Waals surface area contributed by atoms with Gasteiger partial charge in [-0.1, -0.05) is 18.2 Å². The van der Waals surface area contributed by atoms with Crippen LogP contribution in [0.5, 0.6) is 0 Å². The average molecular weight is 258 g/mol. The fourth-order valence-electron chi connectivity index (χ4n) is 2.53. The summed E-state index contributed by atoms with van der Waals surface area (Å²) in [5.74, 6) is -0.235. The monoisotopic (exact) mass is 258 g/mol. The van der Waals surface area contributed by atoms with Gasteiger partial charge in [0, 0.05) is 18.3 Å². The number of nitrogens with one attached hydrogen (secondary N) is 1. The molecule has 100 valence electrons. The van der Waals surface area contributed by atoms with E-state index in [-0.39, 0.29) is 18.2 Å². The number of anilines is 1. The lowest BCUT2D eigenvalue weighted by atomic mass is 10.0. The molecule has 0 unspecified atom stereocenters. The first-order chi connectivity index (χ1) is 9.24. The van der Waals surface area contributed by atoms with Crippen LogP contribution in [0.25, 0.3) is 0 Å². The number of hydrogen-bond acceptors (Lipinski definition) is 2. The van der Waals surface area contributed by atoms with E-state index in [1.807, 2.05) is 18.2 Å². The van der Waals surface area contributed by atoms with Crippen molar-refractivity contribution in [3.63, 3.8) is 0 Å². The quantitative estimate of drug-likeness (QED) is 0.838. The number of aryl methyl sites for hydroxylation is 1. The molecule has 19 heavy (non-hydrogen) atoms. The third-order valence-corrected chi connectivity index (χ3v) is 3.67. The third-order valence-electron chi connectivity index (χ3n) is 3.67. The number of nitrogens with zero attached hydrogens (tertiary/aromatic N) is 1. The summed E-state index contributed by atoms with van der Waals surface area (Å²) < 4.78 is 0. The highest BCUT2D eigenvalue weighted by atomic mass is 16.2. The van der Waals surface area contributed by atoms with Crippen molar-refractivity contribution in [3.8, 4) is 0 Å². The van der Waals surface area contributed by atoms with Crippen molar-refractivity contribution in [1.29, 1.82) is 0 Å². The summed E-state index contributed by atoms with van der Waals surface area (Å²) in [6, 6.07) is 8.26. The van der Waals surface area contributed by atoms with Crippen LogP contribution < -0.4 is 10.2 Å². The van der Waals surface area contributed by atoms with Crippen molar-refractivity contribution < 1.29 is 9.59 Å². The van der Waals surface area contributed by atoms with Crippen LogP contribution in [0, 0.1) is 0 Å². The van der Waals surface area contributed by atoms with Gasteiger partial charge in [0.15, 0.2) is 0 Å². The minimum atomic E-state index is -0.143. The lowest BCUT2D eigenvalue weighted by Crippen LogP contribution is -2.39. The normalized spacial score (nSPS) is 17.8. The number of amides is 2. The van der Waals surface area contributed by atoms with Crippen molar-refractivity contribution in [3.05, 3.63) is 29.8 Å². The Morgan fingerprint density at radius 1 is 1.26 bits per heavy atom. The molecule has 0 saturated heterocycles. The van der Waals surface area contributed by atoms with Gasteiger partial charge >= 0.3 is 0 Å². The zero-order chi connectivity index (χ0) is 13.2. The second-order valence-electron chi connectivity index (χ2n) is 5.30. The highest BCUT2D eigenvalue weighted by Gasteiger charge is 2.27. The van der Waals surface area contributed by atoms with Crippen LogP contribution in [0.4, 0.5) is 5.69 Å². The van der Waals surface area contributed by atoms with Crippen molar-refractivity contribution >= 4 is 17.5 Å². The van der Waals surface area contributed by atoms with E-state index in [0.29, 0.717) is 12.6 Å². The van der Waals surface area contributed by atoms with Crippen LogP contribution in [0.2, 0.25) is 0 Å². The molecular formula is C15H18N2O2. The zero-order valence-corrected chi connectivity index (χ0v) is 10.9. The minimum Gasteiger partial charge on any atom is -0.353 e. The predicted octanol–water partition coefficient (Wildman–Crippen LogP) is 1.63. The minimum absolute atomic E-state index is 0.0369. The summed E-state index contributed by atoms with van der Waals surface area (Å²) in [6.45, 7) is 0.715. The molecule has 1 aliphatic heterocycles. The van der Waals surface area contributed by atoms with Gasteiger partial charge in [0.2, 0.25) is 11.8 Å². The molecule has 0 spiro atoms. The van der Waals surface area contributed by atoms with Crippen LogP contribution in [0.1, 0.15) is 31.2 Å². The first kappa shape index (κ1) is 12.2. The largest absolute Gasteiger partial charge is 0.353 e. The van der Waals surface area contributed by atoms with Crippen molar-refractivity contribution in [1.82, 2.24) is 5.32 Å². The molecule has 1 fully saturated rings. The lowest BCUT2D eigenvalue weighted by Gasteiger charge is -2.29. The third kappa shape index (κ3) is 2.78. The van der Waals surface area contributed by atoms with E-state index in [0.717, 1.165) is 31.4 Å². The van der Waals surface area contributed by atoms with Crippen molar-refractivity contribution in [2.24, 2.45) is 0 Å². The van der Waals surface area contributed by atoms with Gasteiger partial charge in [-0.3, -0.25) is 9.59 Å². The number of benzene rings is 1. The molecule has 2 aliphatic rings. The predicted molar refractivity (Wildman–Crippen MR) is 72.9 cm³/mol. The number of rotatable bonds is 3. The molecule has 2 amide bonds. The van der Waals surface area contributed by atoms with Crippen LogP contribution in [0.15, 0.2) is 24.3 Å². The second kappa shape index (κ2) is 5.03. The van der Waals surface area contributed by atoms with Crippen molar-refractivity contribution in [2.75, 3.05) is 11.4 Å². The topological polar surface area (TPSA) is 49.4 Å². The maximum atomic E-state index is 12.2. The Morgan fingerprint density at radius 3 is 2.84 bits per heavy atom. The summed E-state index contributed by atoms with van der Waals surface area (Å²) in [5.41, 5.74) is 2.17. The molecule has 1 aromatic rings. The first-order valence-corrected chi connectivity index (χ1v) is 6.91. The van der Waals surface area contributed by atoms with E-state index in [1.54, 1.807) is 4.90 Å². The van der Waals surface area contributed by atoms with Crippen LogP contribution in [-0.4, -0.2) is 24.4 Å². The van der Waals surface area contributed by atoms with Gasteiger partial charge in [-0.05, 0) is 37.3 Å². The van der Waals surface area contributed by atoms with Crippen LogP contribution in [0.3, 0.4) is 0 Å². The van der Waals surface area contributed by atoms with E-state index in [1.165, 1.54) is 5.56 Å². The van der Waals surface area contributed by atoms with E-state index in [9.17, 15) is 9.59 Å². The molecular weight excluding hydrogens is 240 g/mol. The van der Waals surface area contributed by atoms with Crippen LogP contribution in [-0.2, 0) is 16.0 Å². The van der Waals surface area contributed by atoms with E-state index in [2.05, 4.69) is 11.4 Å². The molecule has 3 rings (SSSR count). The SMILES string of the molecule is O=C(CC(=O)N1CCCc2ccccc21)NC1CC1. The smallest absolute Gasteiger partial charge is 0.236 e. The molecule has 0 aromatic heterocycles. The molecule has 0 bridgehead atoms. The zero-order valence-electron chi connectivity index (χ0n) is 10.9. The molecule has 1 heterocycles. The second-order valence-corrected chi connectivity index (χ2v) is 5.30. The van der Waals surface area contributed by atoms with E-state index < -0.39 is 0 Å².